The van der Waals surface area contributed by atoms with Crippen LogP contribution in [0.1, 0.15) is 26.3 Å². The SMILES string of the molecule is CC(C)(C)OC(=O)C(=O)NCc1cc[nH]c1. The second kappa shape index (κ2) is 4.83. The van der Waals surface area contributed by atoms with E-state index in [9.17, 15) is 9.59 Å². The number of aromatic amines is 1. The van der Waals surface area contributed by atoms with Crippen molar-refractivity contribution < 1.29 is 14.3 Å². The number of hydrogen-bond acceptors (Lipinski definition) is 3. The summed E-state index contributed by atoms with van der Waals surface area (Å²) in [6, 6.07) is 1.81. The third-order valence-electron chi connectivity index (χ3n) is 1.70. The molecule has 0 fully saturated rings. The number of rotatable bonds is 2. The molecule has 16 heavy (non-hydrogen) atoms. The highest BCUT2D eigenvalue weighted by Crippen LogP contribution is 2.06. The van der Waals surface area contributed by atoms with E-state index in [-0.39, 0.29) is 0 Å². The molecule has 0 aliphatic rings. The second-order valence-electron chi connectivity index (χ2n) is 4.40. The van der Waals surface area contributed by atoms with Crippen LogP contribution in [0.4, 0.5) is 0 Å². The fourth-order valence-electron chi connectivity index (χ4n) is 1.05. The van der Waals surface area contributed by atoms with Gasteiger partial charge in [-0.25, -0.2) is 4.79 Å². The Kier molecular flexibility index (Phi) is 3.71. The van der Waals surface area contributed by atoms with E-state index in [0.717, 1.165) is 5.56 Å². The third kappa shape index (κ3) is 4.16. The molecular formula is C11H16N2O3. The summed E-state index contributed by atoms with van der Waals surface area (Å²) in [5, 5.41) is 2.47. The fraction of sp³-hybridized carbons (Fsp3) is 0.455. The number of H-pyrrole nitrogens is 1. The number of hydrogen-bond donors (Lipinski definition) is 2. The summed E-state index contributed by atoms with van der Waals surface area (Å²) < 4.78 is 4.91. The van der Waals surface area contributed by atoms with Gasteiger partial charge in [0.05, 0.1) is 0 Å². The van der Waals surface area contributed by atoms with Gasteiger partial charge in [0.2, 0.25) is 0 Å². The molecule has 2 N–H and O–H groups in total. The molecule has 0 saturated carbocycles. The molecule has 5 nitrogen and oxygen atoms in total. The molecule has 0 aromatic carbocycles. The zero-order valence-corrected chi connectivity index (χ0v) is 9.66. The van der Waals surface area contributed by atoms with Crippen molar-refractivity contribution in [1.29, 1.82) is 0 Å². The van der Waals surface area contributed by atoms with E-state index in [1.165, 1.54) is 0 Å². The van der Waals surface area contributed by atoms with Crippen LogP contribution >= 0.6 is 0 Å². The number of carbonyl (C=O) groups is 2. The Bertz CT molecular complexity index is 363. The molecule has 1 heterocycles. The number of amides is 1. The molecular weight excluding hydrogens is 208 g/mol. The number of aromatic nitrogens is 1. The lowest BCUT2D eigenvalue weighted by atomic mass is 10.2. The molecule has 1 aromatic rings. The van der Waals surface area contributed by atoms with Crippen molar-refractivity contribution in [1.82, 2.24) is 10.3 Å². The minimum atomic E-state index is -0.858. The van der Waals surface area contributed by atoms with Crippen LogP contribution < -0.4 is 5.32 Å². The Hall–Kier alpha value is -1.78. The third-order valence-corrected chi connectivity index (χ3v) is 1.70. The van der Waals surface area contributed by atoms with Gasteiger partial charge in [0.15, 0.2) is 0 Å². The van der Waals surface area contributed by atoms with Crippen LogP contribution in [0.3, 0.4) is 0 Å². The summed E-state index contributed by atoms with van der Waals surface area (Å²) in [7, 11) is 0. The van der Waals surface area contributed by atoms with Crippen molar-refractivity contribution in [3.8, 4) is 0 Å². The van der Waals surface area contributed by atoms with Gasteiger partial charge in [-0.2, -0.15) is 0 Å². The molecule has 0 saturated heterocycles. The highest BCUT2D eigenvalue weighted by Gasteiger charge is 2.22. The van der Waals surface area contributed by atoms with Gasteiger partial charge < -0.3 is 15.0 Å². The van der Waals surface area contributed by atoms with Crippen molar-refractivity contribution in [3.05, 3.63) is 24.0 Å². The Labute approximate surface area is 94.2 Å². The number of esters is 1. The van der Waals surface area contributed by atoms with Crippen LogP contribution in [-0.2, 0) is 20.9 Å². The molecule has 0 atom stereocenters. The largest absolute Gasteiger partial charge is 0.453 e. The molecule has 0 aliphatic carbocycles. The smallest absolute Gasteiger partial charge is 0.397 e. The highest BCUT2D eigenvalue weighted by molar-refractivity contribution is 6.32. The molecule has 0 radical (unpaired) electrons. The minimum absolute atomic E-state index is 0.307. The van der Waals surface area contributed by atoms with Gasteiger partial charge in [-0.3, -0.25) is 4.79 Å². The summed E-state index contributed by atoms with van der Waals surface area (Å²) >= 11 is 0. The molecule has 5 heteroatoms. The summed E-state index contributed by atoms with van der Waals surface area (Å²) in [5.41, 5.74) is 0.250. The van der Waals surface area contributed by atoms with Crippen LogP contribution in [0, 0.1) is 0 Å². The van der Waals surface area contributed by atoms with Crippen molar-refractivity contribution in [2.45, 2.75) is 32.9 Å². The van der Waals surface area contributed by atoms with Crippen molar-refractivity contribution >= 4 is 11.9 Å². The van der Waals surface area contributed by atoms with E-state index >= 15 is 0 Å². The Morgan fingerprint density at radius 3 is 2.62 bits per heavy atom. The van der Waals surface area contributed by atoms with Gasteiger partial charge in [0.1, 0.15) is 5.60 Å². The topological polar surface area (TPSA) is 71.2 Å². The average Bonchev–Trinajstić information content (AvgIpc) is 2.63. The summed E-state index contributed by atoms with van der Waals surface area (Å²) in [6.07, 6.45) is 3.49. The first-order valence-corrected chi connectivity index (χ1v) is 5.01. The van der Waals surface area contributed by atoms with Crippen molar-refractivity contribution in [3.63, 3.8) is 0 Å². The van der Waals surface area contributed by atoms with Gasteiger partial charge in [0.25, 0.3) is 0 Å². The van der Waals surface area contributed by atoms with Gasteiger partial charge in [0, 0.05) is 18.9 Å². The zero-order chi connectivity index (χ0) is 12.2. The Morgan fingerprint density at radius 2 is 2.12 bits per heavy atom. The van der Waals surface area contributed by atoms with Crippen LogP contribution in [-0.4, -0.2) is 22.5 Å². The summed E-state index contributed by atoms with van der Waals surface area (Å²) in [5.74, 6) is -1.58. The Morgan fingerprint density at radius 1 is 1.44 bits per heavy atom. The van der Waals surface area contributed by atoms with Gasteiger partial charge in [-0.05, 0) is 32.4 Å². The molecule has 0 aliphatic heterocycles. The molecule has 1 amide bonds. The van der Waals surface area contributed by atoms with E-state index in [0.29, 0.717) is 6.54 Å². The van der Waals surface area contributed by atoms with E-state index in [1.807, 2.05) is 6.07 Å². The molecule has 0 unspecified atom stereocenters. The fourth-order valence-corrected chi connectivity index (χ4v) is 1.05. The maximum atomic E-state index is 11.3. The summed E-state index contributed by atoms with van der Waals surface area (Å²) in [6.45, 7) is 5.45. The van der Waals surface area contributed by atoms with Crippen molar-refractivity contribution in [2.24, 2.45) is 0 Å². The molecule has 0 bridgehead atoms. The first-order chi connectivity index (χ1) is 7.38. The maximum Gasteiger partial charge on any atom is 0.397 e. The van der Waals surface area contributed by atoms with E-state index < -0.39 is 17.5 Å². The normalized spacial score (nSPS) is 10.9. The quantitative estimate of drug-likeness (QED) is 0.581. The predicted octanol–water partition coefficient (Wildman–Crippen LogP) is 0.973. The lowest BCUT2D eigenvalue weighted by Gasteiger charge is -2.18. The lowest BCUT2D eigenvalue weighted by Crippen LogP contribution is -2.36. The van der Waals surface area contributed by atoms with E-state index in [2.05, 4.69) is 10.3 Å². The number of ether oxygens (including phenoxy) is 1. The molecule has 1 rings (SSSR count). The van der Waals surface area contributed by atoms with Crippen molar-refractivity contribution in [2.75, 3.05) is 0 Å². The van der Waals surface area contributed by atoms with Gasteiger partial charge in [-0.1, -0.05) is 0 Å². The van der Waals surface area contributed by atoms with E-state index in [4.69, 9.17) is 4.74 Å². The van der Waals surface area contributed by atoms with Crippen LogP contribution in [0.25, 0.3) is 0 Å². The van der Waals surface area contributed by atoms with Gasteiger partial charge >= 0.3 is 11.9 Å². The van der Waals surface area contributed by atoms with Crippen LogP contribution in [0.15, 0.2) is 18.5 Å². The van der Waals surface area contributed by atoms with E-state index in [1.54, 1.807) is 33.2 Å². The van der Waals surface area contributed by atoms with Crippen LogP contribution in [0.5, 0.6) is 0 Å². The first kappa shape index (κ1) is 12.3. The maximum absolute atomic E-state index is 11.3. The molecule has 0 spiro atoms. The lowest BCUT2D eigenvalue weighted by molar-refractivity contribution is -0.163. The number of carbonyl (C=O) groups excluding carboxylic acids is 2. The first-order valence-electron chi connectivity index (χ1n) is 5.01. The standard InChI is InChI=1S/C11H16N2O3/c1-11(2,3)16-10(15)9(14)13-7-8-4-5-12-6-8/h4-6,12H,7H2,1-3H3,(H,13,14). The predicted molar refractivity (Wildman–Crippen MR) is 58.5 cm³/mol. The Balaban J connectivity index is 2.38. The van der Waals surface area contributed by atoms with Gasteiger partial charge in [-0.15, -0.1) is 0 Å². The second-order valence-corrected chi connectivity index (χ2v) is 4.40. The number of nitrogens with one attached hydrogen (secondary N) is 2. The monoisotopic (exact) mass is 224 g/mol. The minimum Gasteiger partial charge on any atom is -0.453 e. The average molecular weight is 224 g/mol. The molecule has 88 valence electrons. The summed E-state index contributed by atoms with van der Waals surface area (Å²) in [4.78, 5) is 25.4. The highest BCUT2D eigenvalue weighted by atomic mass is 16.6. The zero-order valence-electron chi connectivity index (χ0n) is 9.66. The van der Waals surface area contributed by atoms with Crippen LogP contribution in [0.2, 0.25) is 0 Å². The molecule has 1 aromatic heterocycles.